The van der Waals surface area contributed by atoms with Crippen LogP contribution in [0.5, 0.6) is 0 Å². The molecule has 4 nitrogen and oxygen atoms in total. The third kappa shape index (κ3) is 3.48. The van der Waals surface area contributed by atoms with E-state index in [1.807, 2.05) is 4.90 Å². The van der Waals surface area contributed by atoms with Crippen LogP contribution in [0.3, 0.4) is 0 Å². The molecule has 0 unspecified atom stereocenters. The van der Waals surface area contributed by atoms with E-state index in [-0.39, 0.29) is 5.91 Å². The minimum Gasteiger partial charge on any atom is -0.341 e. The van der Waals surface area contributed by atoms with Crippen LogP contribution in [0.1, 0.15) is 52.4 Å². The lowest BCUT2D eigenvalue weighted by atomic mass is 9.92. The van der Waals surface area contributed by atoms with Crippen molar-refractivity contribution in [3.63, 3.8) is 0 Å². The Balaban J connectivity index is 1.79. The van der Waals surface area contributed by atoms with Gasteiger partial charge in [0.1, 0.15) is 5.41 Å². The maximum absolute atomic E-state index is 12.2. The third-order valence-corrected chi connectivity index (χ3v) is 4.42. The van der Waals surface area contributed by atoms with E-state index in [2.05, 4.69) is 11.4 Å². The van der Waals surface area contributed by atoms with Crippen LogP contribution in [0.15, 0.2) is 0 Å². The Bertz CT molecular complexity index is 358. The van der Waals surface area contributed by atoms with Crippen molar-refractivity contribution >= 4 is 5.91 Å². The molecule has 1 amide bonds. The molecule has 1 saturated heterocycles. The predicted molar refractivity (Wildman–Crippen MR) is 74.4 cm³/mol. The minimum absolute atomic E-state index is 0.0192. The fourth-order valence-corrected chi connectivity index (χ4v) is 3.12. The summed E-state index contributed by atoms with van der Waals surface area (Å²) in [6.07, 6.45) is 7.35. The third-order valence-electron chi connectivity index (χ3n) is 4.42. The lowest BCUT2D eigenvalue weighted by Gasteiger charge is -2.36. The number of amides is 1. The Hall–Kier alpha value is -1.08. The van der Waals surface area contributed by atoms with Crippen molar-refractivity contribution in [3.05, 3.63) is 0 Å². The van der Waals surface area contributed by atoms with E-state index in [0.29, 0.717) is 12.1 Å². The van der Waals surface area contributed by atoms with E-state index < -0.39 is 5.41 Å². The summed E-state index contributed by atoms with van der Waals surface area (Å²) in [5.41, 5.74) is -0.883. The molecule has 19 heavy (non-hydrogen) atoms. The van der Waals surface area contributed by atoms with Crippen LogP contribution in [0.4, 0.5) is 0 Å². The predicted octanol–water partition coefficient (Wildman–Crippen LogP) is 2.06. The number of hydrogen-bond donors (Lipinski definition) is 1. The molecule has 1 aliphatic carbocycles. The van der Waals surface area contributed by atoms with E-state index in [0.717, 1.165) is 25.9 Å². The van der Waals surface area contributed by atoms with Crippen molar-refractivity contribution in [3.8, 4) is 6.07 Å². The lowest BCUT2D eigenvalue weighted by Crippen LogP contribution is -2.50. The van der Waals surface area contributed by atoms with Crippen molar-refractivity contribution in [1.29, 1.82) is 5.26 Å². The van der Waals surface area contributed by atoms with Crippen molar-refractivity contribution in [1.82, 2.24) is 10.2 Å². The molecule has 0 atom stereocenters. The van der Waals surface area contributed by atoms with E-state index in [1.54, 1.807) is 13.8 Å². The fourth-order valence-electron chi connectivity index (χ4n) is 3.12. The molecule has 0 radical (unpaired) electrons. The topological polar surface area (TPSA) is 56.1 Å². The van der Waals surface area contributed by atoms with Gasteiger partial charge in [-0.25, -0.2) is 0 Å². The molecule has 2 aliphatic rings. The van der Waals surface area contributed by atoms with Crippen molar-refractivity contribution in [2.24, 2.45) is 5.41 Å². The second kappa shape index (κ2) is 5.92. The number of nitrogens with one attached hydrogen (secondary N) is 1. The summed E-state index contributed by atoms with van der Waals surface area (Å²) in [7, 11) is 0. The van der Waals surface area contributed by atoms with Crippen molar-refractivity contribution in [2.75, 3.05) is 13.1 Å². The quantitative estimate of drug-likeness (QED) is 0.848. The number of hydrogen-bond acceptors (Lipinski definition) is 3. The molecule has 4 heteroatoms. The summed E-state index contributed by atoms with van der Waals surface area (Å²) >= 11 is 0. The maximum atomic E-state index is 12.2. The van der Waals surface area contributed by atoms with Crippen LogP contribution < -0.4 is 5.32 Å². The molecule has 1 aliphatic heterocycles. The van der Waals surface area contributed by atoms with Gasteiger partial charge >= 0.3 is 0 Å². The normalized spacial score (nSPS) is 22.5. The standard InChI is InChI=1S/C15H25N3O/c1-15(2,11-16)14(19)18-9-7-13(8-10-18)17-12-5-3-4-6-12/h12-13,17H,3-10H2,1-2H3. The second-order valence-corrected chi connectivity index (χ2v) is 6.45. The molecule has 2 rings (SSSR count). The van der Waals surface area contributed by atoms with Gasteiger partial charge in [0.25, 0.3) is 0 Å². The zero-order valence-electron chi connectivity index (χ0n) is 12.1. The Morgan fingerprint density at radius 1 is 1.16 bits per heavy atom. The van der Waals surface area contributed by atoms with Crippen LogP contribution in [0.2, 0.25) is 0 Å². The van der Waals surface area contributed by atoms with Gasteiger partial charge in [0, 0.05) is 25.2 Å². The first-order chi connectivity index (χ1) is 9.03. The molecule has 1 saturated carbocycles. The summed E-state index contributed by atoms with van der Waals surface area (Å²) in [5, 5.41) is 12.8. The minimum atomic E-state index is -0.883. The number of carbonyl (C=O) groups excluding carboxylic acids is 1. The van der Waals surface area contributed by atoms with Crippen LogP contribution >= 0.6 is 0 Å². The number of nitriles is 1. The molecule has 0 spiro atoms. The highest BCUT2D eigenvalue weighted by molar-refractivity contribution is 5.84. The summed E-state index contributed by atoms with van der Waals surface area (Å²) in [6, 6.07) is 3.35. The average molecular weight is 263 g/mol. The average Bonchev–Trinajstić information content (AvgIpc) is 2.91. The SMILES string of the molecule is CC(C)(C#N)C(=O)N1CCC(NC2CCCC2)CC1. The summed E-state index contributed by atoms with van der Waals surface area (Å²) in [4.78, 5) is 14.0. The highest BCUT2D eigenvalue weighted by atomic mass is 16.2. The molecule has 0 aromatic carbocycles. The molecular weight excluding hydrogens is 238 g/mol. The Labute approximate surface area is 116 Å². The first-order valence-corrected chi connectivity index (χ1v) is 7.49. The van der Waals surface area contributed by atoms with E-state index in [9.17, 15) is 4.79 Å². The van der Waals surface area contributed by atoms with Gasteiger partial charge in [0.05, 0.1) is 6.07 Å². The molecular formula is C15H25N3O. The Kier molecular flexibility index (Phi) is 4.46. The summed E-state index contributed by atoms with van der Waals surface area (Å²) in [6.45, 7) is 4.99. The second-order valence-electron chi connectivity index (χ2n) is 6.45. The smallest absolute Gasteiger partial charge is 0.242 e. The van der Waals surface area contributed by atoms with E-state index >= 15 is 0 Å². The van der Waals surface area contributed by atoms with Gasteiger partial charge in [-0.15, -0.1) is 0 Å². The molecule has 106 valence electrons. The van der Waals surface area contributed by atoms with Gasteiger partial charge in [0.15, 0.2) is 0 Å². The summed E-state index contributed by atoms with van der Waals surface area (Å²) in [5.74, 6) is -0.0192. The zero-order valence-corrected chi connectivity index (χ0v) is 12.1. The van der Waals surface area contributed by atoms with Gasteiger partial charge in [-0.2, -0.15) is 5.26 Å². The van der Waals surface area contributed by atoms with Gasteiger partial charge in [-0.1, -0.05) is 12.8 Å². The van der Waals surface area contributed by atoms with Crippen LogP contribution in [0, 0.1) is 16.7 Å². The monoisotopic (exact) mass is 263 g/mol. The Morgan fingerprint density at radius 3 is 2.21 bits per heavy atom. The zero-order chi connectivity index (χ0) is 13.9. The fraction of sp³-hybridized carbons (Fsp3) is 0.867. The van der Waals surface area contributed by atoms with Gasteiger partial charge in [0.2, 0.25) is 5.91 Å². The maximum Gasteiger partial charge on any atom is 0.242 e. The molecule has 0 aromatic heterocycles. The van der Waals surface area contributed by atoms with Gasteiger partial charge < -0.3 is 10.2 Å². The van der Waals surface area contributed by atoms with Gasteiger partial charge in [-0.3, -0.25) is 4.79 Å². The van der Waals surface area contributed by atoms with Crippen molar-refractivity contribution < 1.29 is 4.79 Å². The van der Waals surface area contributed by atoms with Crippen LogP contribution in [-0.2, 0) is 4.79 Å². The van der Waals surface area contributed by atoms with E-state index in [1.165, 1.54) is 25.7 Å². The van der Waals surface area contributed by atoms with Crippen molar-refractivity contribution in [2.45, 2.75) is 64.5 Å². The molecule has 1 N–H and O–H groups in total. The number of nitrogens with zero attached hydrogens (tertiary/aromatic N) is 2. The van der Waals surface area contributed by atoms with Crippen LogP contribution in [0.25, 0.3) is 0 Å². The first-order valence-electron chi connectivity index (χ1n) is 7.49. The Morgan fingerprint density at radius 2 is 1.68 bits per heavy atom. The molecule has 1 heterocycles. The molecule has 0 aromatic rings. The largest absolute Gasteiger partial charge is 0.341 e. The number of likely N-dealkylation sites (tertiary alicyclic amines) is 1. The van der Waals surface area contributed by atoms with Crippen LogP contribution in [-0.4, -0.2) is 36.0 Å². The molecule has 0 bridgehead atoms. The highest BCUT2D eigenvalue weighted by Gasteiger charge is 2.34. The summed E-state index contributed by atoms with van der Waals surface area (Å²) < 4.78 is 0. The first kappa shape index (κ1) is 14.3. The number of piperidine rings is 1. The highest BCUT2D eigenvalue weighted by Crippen LogP contribution is 2.23. The van der Waals surface area contributed by atoms with Gasteiger partial charge in [-0.05, 0) is 39.5 Å². The molecule has 2 fully saturated rings. The number of carbonyl (C=O) groups is 1. The number of rotatable bonds is 3. The lowest BCUT2D eigenvalue weighted by molar-refractivity contribution is -0.138. The van der Waals surface area contributed by atoms with E-state index in [4.69, 9.17) is 5.26 Å².